The van der Waals surface area contributed by atoms with Gasteiger partial charge in [-0.3, -0.25) is 4.79 Å². The Morgan fingerprint density at radius 1 is 1.31 bits per heavy atom. The van der Waals surface area contributed by atoms with Gasteiger partial charge in [0, 0.05) is 5.57 Å². The van der Waals surface area contributed by atoms with Crippen molar-refractivity contribution in [2.24, 2.45) is 0 Å². The molecule has 136 valence electrons. The van der Waals surface area contributed by atoms with Crippen molar-refractivity contribution in [3.05, 3.63) is 61.3 Å². The van der Waals surface area contributed by atoms with E-state index >= 15 is 0 Å². The lowest BCUT2D eigenvalue weighted by Crippen LogP contribution is -2.34. The number of halogens is 2. The fraction of sp³-hybridized carbons (Fsp3) is 0.333. The average molecular weight is 423 g/mol. The summed E-state index contributed by atoms with van der Waals surface area (Å²) in [4.78, 5) is 25.2. The van der Waals surface area contributed by atoms with E-state index in [2.05, 4.69) is 21.2 Å². The molecule has 2 aliphatic heterocycles. The normalized spacial score (nSPS) is 19.4. The number of anilines is 1. The van der Waals surface area contributed by atoms with E-state index in [0.29, 0.717) is 28.2 Å². The van der Waals surface area contributed by atoms with Crippen LogP contribution in [0.4, 0.5) is 10.2 Å². The molecule has 2 aromatic rings. The Hall–Kier alpha value is -2.19. The van der Waals surface area contributed by atoms with Gasteiger partial charge in [-0.1, -0.05) is 6.07 Å². The van der Waals surface area contributed by atoms with E-state index in [-0.39, 0.29) is 29.5 Å². The van der Waals surface area contributed by atoms with E-state index in [4.69, 9.17) is 9.26 Å². The first kappa shape index (κ1) is 17.2. The Morgan fingerprint density at radius 3 is 2.77 bits per heavy atom. The van der Waals surface area contributed by atoms with Gasteiger partial charge >= 0.3 is 5.63 Å². The maximum Gasteiger partial charge on any atom is 0.363 e. The summed E-state index contributed by atoms with van der Waals surface area (Å²) in [6.07, 6.45) is 0. The number of rotatable bonds is 2. The predicted octanol–water partition coefficient (Wildman–Crippen LogP) is 3.33. The third-order valence-corrected chi connectivity index (χ3v) is 5.18. The molecule has 1 aromatic carbocycles. The maximum atomic E-state index is 13.7. The minimum atomic E-state index is -0.634. The number of fused-ring (bicyclic) bond motifs is 1. The first-order chi connectivity index (χ1) is 12.4. The highest BCUT2D eigenvalue weighted by atomic mass is 79.9. The van der Waals surface area contributed by atoms with Crippen molar-refractivity contribution in [3.63, 3.8) is 0 Å². The lowest BCUT2D eigenvalue weighted by Gasteiger charge is -2.31. The standard InChI is InChI=1S/C18H16BrFN2O4/c1-8(2)22-17-16(18(24)26-22)14(9-3-4-11(20)10(19)5-9)15-12(21-17)6-25-7-13(15)23/h3-5,8,14,21H,6-7H2,1-2H3. The van der Waals surface area contributed by atoms with E-state index in [0.717, 1.165) is 0 Å². The molecule has 1 N–H and O–H groups in total. The van der Waals surface area contributed by atoms with E-state index in [1.54, 1.807) is 12.1 Å². The molecule has 3 heterocycles. The summed E-state index contributed by atoms with van der Waals surface area (Å²) < 4.78 is 26.2. The Balaban J connectivity index is 2.00. The van der Waals surface area contributed by atoms with Crippen molar-refractivity contribution in [2.45, 2.75) is 25.8 Å². The zero-order chi connectivity index (χ0) is 18.6. The van der Waals surface area contributed by atoms with Crippen molar-refractivity contribution in [3.8, 4) is 0 Å². The van der Waals surface area contributed by atoms with Crippen LogP contribution in [0.15, 0.2) is 43.3 Å². The largest absolute Gasteiger partial charge is 0.367 e. The fourth-order valence-corrected chi connectivity index (χ4v) is 3.86. The van der Waals surface area contributed by atoms with Crippen LogP contribution in [-0.2, 0) is 9.53 Å². The predicted molar refractivity (Wildman–Crippen MR) is 95.8 cm³/mol. The lowest BCUT2D eigenvalue weighted by atomic mass is 9.80. The Kier molecular flexibility index (Phi) is 4.11. The van der Waals surface area contributed by atoms with Gasteiger partial charge in [0.15, 0.2) is 11.6 Å². The quantitative estimate of drug-likeness (QED) is 0.803. The topological polar surface area (TPSA) is 73.5 Å². The van der Waals surface area contributed by atoms with Crippen LogP contribution in [0.3, 0.4) is 0 Å². The van der Waals surface area contributed by atoms with E-state index in [9.17, 15) is 14.0 Å². The number of carbonyl (C=O) groups excluding carboxylic acids is 1. The molecular formula is C18H16BrFN2O4. The first-order valence-electron chi connectivity index (χ1n) is 8.20. The van der Waals surface area contributed by atoms with Gasteiger partial charge in [0.05, 0.1) is 34.3 Å². The molecule has 4 rings (SSSR count). The number of nitrogens with one attached hydrogen (secondary N) is 1. The second-order valence-corrected chi connectivity index (χ2v) is 7.45. The van der Waals surface area contributed by atoms with Crippen LogP contribution in [-0.4, -0.2) is 23.7 Å². The summed E-state index contributed by atoms with van der Waals surface area (Å²) in [5.41, 5.74) is 1.55. The maximum absolute atomic E-state index is 13.7. The molecule has 0 bridgehead atoms. The van der Waals surface area contributed by atoms with Gasteiger partial charge in [-0.05, 0) is 47.5 Å². The number of Topliss-reactive ketones (excluding diaryl/α,β-unsaturated/α-hetero) is 1. The number of benzene rings is 1. The number of ketones is 1. The highest BCUT2D eigenvalue weighted by Gasteiger charge is 2.40. The highest BCUT2D eigenvalue weighted by Crippen LogP contribution is 2.43. The van der Waals surface area contributed by atoms with E-state index in [1.165, 1.54) is 10.8 Å². The van der Waals surface area contributed by atoms with Gasteiger partial charge in [0.2, 0.25) is 0 Å². The molecule has 0 aliphatic carbocycles. The summed E-state index contributed by atoms with van der Waals surface area (Å²) >= 11 is 3.18. The monoisotopic (exact) mass is 422 g/mol. The molecule has 0 fully saturated rings. The molecule has 26 heavy (non-hydrogen) atoms. The van der Waals surface area contributed by atoms with Crippen molar-refractivity contribution >= 4 is 27.5 Å². The van der Waals surface area contributed by atoms with Gasteiger partial charge in [-0.15, -0.1) is 0 Å². The van der Waals surface area contributed by atoms with Gasteiger partial charge in [0.25, 0.3) is 0 Å². The van der Waals surface area contributed by atoms with Crippen LogP contribution < -0.4 is 10.9 Å². The summed E-state index contributed by atoms with van der Waals surface area (Å²) in [6.45, 7) is 3.96. The molecule has 0 spiro atoms. The third-order valence-electron chi connectivity index (χ3n) is 4.57. The summed E-state index contributed by atoms with van der Waals surface area (Å²) in [5, 5.41) is 3.14. The second-order valence-electron chi connectivity index (χ2n) is 6.60. The number of carbonyl (C=O) groups is 1. The van der Waals surface area contributed by atoms with Crippen LogP contribution >= 0.6 is 15.9 Å². The van der Waals surface area contributed by atoms with Crippen LogP contribution in [0.5, 0.6) is 0 Å². The van der Waals surface area contributed by atoms with Gasteiger partial charge < -0.3 is 14.6 Å². The van der Waals surface area contributed by atoms with Crippen molar-refractivity contribution < 1.29 is 18.4 Å². The number of ether oxygens (including phenoxy) is 1. The molecule has 0 amide bonds. The Labute approximate surface area is 156 Å². The van der Waals surface area contributed by atoms with Crippen molar-refractivity contribution in [1.29, 1.82) is 0 Å². The van der Waals surface area contributed by atoms with Crippen LogP contribution in [0.2, 0.25) is 0 Å². The summed E-state index contributed by atoms with van der Waals surface area (Å²) in [5.74, 6) is -0.743. The number of hydrogen-bond donors (Lipinski definition) is 1. The number of aromatic nitrogens is 1. The first-order valence-corrected chi connectivity index (χ1v) is 8.99. The van der Waals surface area contributed by atoms with Gasteiger partial charge in [-0.25, -0.2) is 9.18 Å². The van der Waals surface area contributed by atoms with Crippen LogP contribution in [0.1, 0.15) is 36.9 Å². The molecule has 1 aromatic heterocycles. The van der Waals surface area contributed by atoms with Crippen molar-refractivity contribution in [2.75, 3.05) is 18.5 Å². The molecule has 8 heteroatoms. The van der Waals surface area contributed by atoms with Gasteiger partial charge in [-0.2, -0.15) is 4.74 Å². The second kappa shape index (κ2) is 6.21. The summed E-state index contributed by atoms with van der Waals surface area (Å²) in [7, 11) is 0. The SMILES string of the molecule is CC(C)n1oc(=O)c2c1NC1=C(C(=O)COC1)C2c1ccc(F)c(Br)c1. The summed E-state index contributed by atoms with van der Waals surface area (Å²) in [6, 6.07) is 4.39. The molecule has 1 atom stereocenters. The fourth-order valence-electron chi connectivity index (χ4n) is 3.46. The van der Waals surface area contributed by atoms with Gasteiger partial charge in [0.1, 0.15) is 12.4 Å². The minimum Gasteiger partial charge on any atom is -0.367 e. The average Bonchev–Trinajstić information content (AvgIpc) is 2.93. The highest BCUT2D eigenvalue weighted by molar-refractivity contribution is 9.10. The van der Waals surface area contributed by atoms with Crippen molar-refractivity contribution in [1.82, 2.24) is 4.74 Å². The smallest absolute Gasteiger partial charge is 0.363 e. The number of nitrogens with zero attached hydrogens (tertiary/aromatic N) is 1. The minimum absolute atomic E-state index is 0.0507. The zero-order valence-corrected chi connectivity index (χ0v) is 15.7. The third kappa shape index (κ3) is 2.55. The molecule has 0 saturated heterocycles. The molecular weight excluding hydrogens is 407 g/mol. The molecule has 0 radical (unpaired) electrons. The van der Waals surface area contributed by atoms with E-state index < -0.39 is 17.4 Å². The van der Waals surface area contributed by atoms with Crippen LogP contribution in [0.25, 0.3) is 0 Å². The number of hydrogen-bond acceptors (Lipinski definition) is 5. The molecule has 2 aliphatic rings. The zero-order valence-electron chi connectivity index (χ0n) is 14.1. The Morgan fingerprint density at radius 2 is 2.08 bits per heavy atom. The Bertz CT molecular complexity index is 1010. The lowest BCUT2D eigenvalue weighted by molar-refractivity contribution is -0.121. The van der Waals surface area contributed by atoms with E-state index in [1.807, 2.05) is 13.8 Å². The molecule has 0 saturated carbocycles. The van der Waals surface area contributed by atoms with Crippen LogP contribution in [0, 0.1) is 5.82 Å². The molecule has 6 nitrogen and oxygen atoms in total. The molecule has 1 unspecified atom stereocenters.